The molecule has 0 aromatic carbocycles. The lowest BCUT2D eigenvalue weighted by atomic mass is 10.2. The first-order valence-corrected chi connectivity index (χ1v) is 4.23. The van der Waals surface area contributed by atoms with Crippen molar-refractivity contribution in [1.82, 2.24) is 4.73 Å². The van der Waals surface area contributed by atoms with Gasteiger partial charge in [0.25, 0.3) is 0 Å². The first-order valence-electron chi connectivity index (χ1n) is 3.35. The standard InChI is InChI=1S/C7H4F3NOS/c8-7(9,10)5-3-11(12)6-4(5)1-2-13-6/h1-3,12H. The molecule has 0 radical (unpaired) electrons. The zero-order valence-corrected chi connectivity index (χ0v) is 6.99. The van der Waals surface area contributed by atoms with E-state index in [1.807, 2.05) is 0 Å². The zero-order chi connectivity index (χ0) is 9.64. The van der Waals surface area contributed by atoms with Gasteiger partial charge in [-0.05, 0) is 11.4 Å². The van der Waals surface area contributed by atoms with Crippen molar-refractivity contribution in [2.75, 3.05) is 0 Å². The lowest BCUT2D eigenvalue weighted by Gasteiger charge is -2.01. The summed E-state index contributed by atoms with van der Waals surface area (Å²) in [6.07, 6.45) is -3.73. The summed E-state index contributed by atoms with van der Waals surface area (Å²) in [6, 6.07) is 1.34. The van der Waals surface area contributed by atoms with E-state index < -0.39 is 11.7 Å². The zero-order valence-electron chi connectivity index (χ0n) is 6.17. The lowest BCUT2D eigenvalue weighted by Crippen LogP contribution is -2.03. The van der Waals surface area contributed by atoms with Crippen LogP contribution < -0.4 is 0 Å². The number of thiophene rings is 1. The van der Waals surface area contributed by atoms with Crippen LogP contribution in [0.4, 0.5) is 13.2 Å². The van der Waals surface area contributed by atoms with E-state index >= 15 is 0 Å². The van der Waals surface area contributed by atoms with Crippen molar-refractivity contribution >= 4 is 21.6 Å². The van der Waals surface area contributed by atoms with Gasteiger partial charge in [0.1, 0.15) is 4.83 Å². The highest BCUT2D eigenvalue weighted by atomic mass is 32.1. The second kappa shape index (κ2) is 2.41. The van der Waals surface area contributed by atoms with Gasteiger partial charge in [-0.1, -0.05) is 0 Å². The molecule has 70 valence electrons. The molecule has 0 saturated heterocycles. The quantitative estimate of drug-likeness (QED) is 0.660. The van der Waals surface area contributed by atoms with E-state index in [9.17, 15) is 13.2 Å². The fourth-order valence-electron chi connectivity index (χ4n) is 1.16. The maximum atomic E-state index is 12.3. The Bertz CT molecular complexity index is 442. The van der Waals surface area contributed by atoms with Crippen LogP contribution in [-0.4, -0.2) is 9.94 Å². The topological polar surface area (TPSA) is 25.2 Å². The van der Waals surface area contributed by atoms with Gasteiger partial charge in [-0.15, -0.1) is 11.3 Å². The van der Waals surface area contributed by atoms with Gasteiger partial charge >= 0.3 is 6.18 Å². The van der Waals surface area contributed by atoms with Crippen LogP contribution in [0.15, 0.2) is 17.6 Å². The second-order valence-corrected chi connectivity index (χ2v) is 3.42. The third kappa shape index (κ3) is 1.17. The molecule has 0 spiro atoms. The van der Waals surface area contributed by atoms with E-state index in [0.717, 1.165) is 11.3 Å². The average Bonchev–Trinajstić information content (AvgIpc) is 2.51. The molecule has 0 saturated carbocycles. The van der Waals surface area contributed by atoms with E-state index in [2.05, 4.69) is 0 Å². The lowest BCUT2D eigenvalue weighted by molar-refractivity contribution is -0.136. The molecule has 0 aliphatic carbocycles. The van der Waals surface area contributed by atoms with E-state index in [4.69, 9.17) is 5.21 Å². The van der Waals surface area contributed by atoms with Gasteiger partial charge in [-0.25, -0.2) is 0 Å². The number of hydrogen-bond donors (Lipinski definition) is 1. The number of alkyl halides is 3. The Morgan fingerprint density at radius 1 is 1.38 bits per heavy atom. The summed E-state index contributed by atoms with van der Waals surface area (Å²) in [5, 5.41) is 10.6. The van der Waals surface area contributed by atoms with Gasteiger partial charge in [0, 0.05) is 5.39 Å². The molecule has 0 aliphatic rings. The van der Waals surface area contributed by atoms with Gasteiger partial charge in [-0.3, -0.25) is 0 Å². The van der Waals surface area contributed by atoms with Gasteiger partial charge in [0.15, 0.2) is 0 Å². The molecule has 0 atom stereocenters. The summed E-state index contributed by atoms with van der Waals surface area (Å²) in [5.74, 6) is 0. The van der Waals surface area contributed by atoms with Crippen LogP contribution in [0.3, 0.4) is 0 Å². The predicted octanol–water partition coefficient (Wildman–Crippen LogP) is 2.96. The van der Waals surface area contributed by atoms with E-state index in [-0.39, 0.29) is 10.2 Å². The van der Waals surface area contributed by atoms with E-state index in [1.165, 1.54) is 11.4 Å². The van der Waals surface area contributed by atoms with Crippen molar-refractivity contribution < 1.29 is 18.4 Å². The summed E-state index contributed by atoms with van der Waals surface area (Å²) in [6.45, 7) is 0. The normalized spacial score (nSPS) is 12.5. The minimum Gasteiger partial charge on any atom is -0.428 e. The third-order valence-corrected chi connectivity index (χ3v) is 2.60. The highest BCUT2D eigenvalue weighted by Gasteiger charge is 2.34. The Kier molecular flexibility index (Phi) is 1.56. The molecule has 2 aromatic rings. The number of fused-ring (bicyclic) bond motifs is 1. The Balaban J connectivity index is 2.76. The predicted molar refractivity (Wildman–Crippen MR) is 42.0 cm³/mol. The minimum absolute atomic E-state index is 0.0417. The Morgan fingerprint density at radius 3 is 2.69 bits per heavy atom. The summed E-state index contributed by atoms with van der Waals surface area (Å²) < 4.78 is 37.4. The Hall–Kier alpha value is -1.17. The Labute approximate surface area is 74.8 Å². The van der Waals surface area contributed by atoms with Crippen LogP contribution in [0.25, 0.3) is 10.2 Å². The van der Waals surface area contributed by atoms with Crippen LogP contribution in [0, 0.1) is 0 Å². The molecule has 0 unspecified atom stereocenters. The molecule has 2 heterocycles. The summed E-state index contributed by atoms with van der Waals surface area (Å²) in [4.78, 5) is 0.215. The van der Waals surface area contributed by atoms with Crippen LogP contribution >= 0.6 is 11.3 Å². The molecule has 0 fully saturated rings. The van der Waals surface area contributed by atoms with Gasteiger partial charge in [0.2, 0.25) is 0 Å². The van der Waals surface area contributed by atoms with Crippen molar-refractivity contribution in [2.24, 2.45) is 0 Å². The summed E-state index contributed by atoms with van der Waals surface area (Å²) >= 11 is 1.06. The molecule has 1 N–H and O–H groups in total. The molecule has 2 aromatic heterocycles. The highest BCUT2D eigenvalue weighted by molar-refractivity contribution is 7.16. The largest absolute Gasteiger partial charge is 0.428 e. The van der Waals surface area contributed by atoms with Gasteiger partial charge in [0.05, 0.1) is 11.8 Å². The molecule has 2 rings (SSSR count). The molecule has 0 bridgehead atoms. The smallest absolute Gasteiger partial charge is 0.418 e. The Morgan fingerprint density at radius 2 is 2.08 bits per heavy atom. The first kappa shape index (κ1) is 8.43. The van der Waals surface area contributed by atoms with Gasteiger partial charge in [-0.2, -0.15) is 17.9 Å². The molecular formula is C7H4F3NOS. The fraction of sp³-hybridized carbons (Fsp3) is 0.143. The summed E-state index contributed by atoms with van der Waals surface area (Å²) in [5.41, 5.74) is -0.800. The second-order valence-electron chi connectivity index (χ2n) is 2.52. The number of aromatic nitrogens is 1. The number of halogens is 3. The molecule has 6 heteroatoms. The molecule has 2 nitrogen and oxygen atoms in total. The monoisotopic (exact) mass is 207 g/mol. The SMILES string of the molecule is On1cc(C(F)(F)F)c2ccsc21. The van der Waals surface area contributed by atoms with Crippen molar-refractivity contribution in [3.05, 3.63) is 23.2 Å². The van der Waals surface area contributed by atoms with Crippen LogP contribution in [0.5, 0.6) is 0 Å². The maximum absolute atomic E-state index is 12.3. The van der Waals surface area contributed by atoms with E-state index in [0.29, 0.717) is 10.9 Å². The van der Waals surface area contributed by atoms with Crippen LogP contribution in [0.2, 0.25) is 0 Å². The molecule has 0 aliphatic heterocycles. The molecule has 0 amide bonds. The number of hydrogen-bond acceptors (Lipinski definition) is 2. The fourth-order valence-corrected chi connectivity index (χ4v) is 1.96. The molecular weight excluding hydrogens is 203 g/mol. The van der Waals surface area contributed by atoms with Crippen LogP contribution in [0.1, 0.15) is 5.56 Å². The van der Waals surface area contributed by atoms with Crippen LogP contribution in [-0.2, 0) is 6.18 Å². The van der Waals surface area contributed by atoms with Crippen molar-refractivity contribution in [3.63, 3.8) is 0 Å². The van der Waals surface area contributed by atoms with Gasteiger partial charge < -0.3 is 5.21 Å². The van der Waals surface area contributed by atoms with Crippen molar-refractivity contribution in [3.8, 4) is 0 Å². The maximum Gasteiger partial charge on any atom is 0.418 e. The van der Waals surface area contributed by atoms with Crippen molar-refractivity contribution in [1.29, 1.82) is 0 Å². The number of nitrogens with zero attached hydrogens (tertiary/aromatic N) is 1. The number of rotatable bonds is 0. The first-order chi connectivity index (χ1) is 6.00. The van der Waals surface area contributed by atoms with E-state index in [1.54, 1.807) is 0 Å². The minimum atomic E-state index is -4.41. The average molecular weight is 207 g/mol. The highest BCUT2D eigenvalue weighted by Crippen LogP contribution is 2.37. The third-order valence-electron chi connectivity index (χ3n) is 1.70. The van der Waals surface area contributed by atoms with Crippen molar-refractivity contribution in [2.45, 2.75) is 6.18 Å². The molecule has 13 heavy (non-hydrogen) atoms. The summed E-state index contributed by atoms with van der Waals surface area (Å²) in [7, 11) is 0.